The van der Waals surface area contributed by atoms with Gasteiger partial charge in [-0.05, 0) is 20.8 Å². The largest absolute Gasteiger partial charge is 0.296 e. The molecule has 0 unspecified atom stereocenters. The van der Waals surface area contributed by atoms with Crippen LogP contribution in [0.5, 0.6) is 0 Å². The summed E-state index contributed by atoms with van der Waals surface area (Å²) in [6.45, 7) is 9.34. The summed E-state index contributed by atoms with van der Waals surface area (Å²) in [5.74, 6) is 0. The molecule has 1 aliphatic heterocycles. The van der Waals surface area contributed by atoms with Gasteiger partial charge in [-0.3, -0.25) is 4.90 Å². The SMILES string of the molecule is CC(C)(C)N1CCN(S(=O)(=O)I)CC1. The van der Waals surface area contributed by atoms with Crippen molar-refractivity contribution in [2.75, 3.05) is 26.2 Å². The van der Waals surface area contributed by atoms with Gasteiger partial charge in [-0.1, -0.05) is 0 Å². The van der Waals surface area contributed by atoms with Crippen LogP contribution >= 0.6 is 21.2 Å². The Hall–Kier alpha value is 0.600. The van der Waals surface area contributed by atoms with E-state index in [1.807, 2.05) is 0 Å². The molecule has 1 heterocycles. The Balaban J connectivity index is 2.56. The maximum Gasteiger partial charge on any atom is 0.267 e. The summed E-state index contributed by atoms with van der Waals surface area (Å²) in [5.41, 5.74) is 0.140. The van der Waals surface area contributed by atoms with Crippen LogP contribution in [0.25, 0.3) is 0 Å². The number of hydrogen-bond donors (Lipinski definition) is 0. The number of piperazine rings is 1. The Kier molecular flexibility index (Phi) is 3.83. The third-order valence-electron chi connectivity index (χ3n) is 2.50. The number of rotatable bonds is 1. The van der Waals surface area contributed by atoms with Gasteiger partial charge in [0.2, 0.25) is 0 Å². The lowest BCUT2D eigenvalue weighted by Crippen LogP contribution is -2.53. The van der Waals surface area contributed by atoms with Gasteiger partial charge < -0.3 is 0 Å². The normalized spacial score (nSPS) is 22.6. The molecule has 0 saturated carbocycles. The third-order valence-corrected chi connectivity index (χ3v) is 5.15. The van der Waals surface area contributed by atoms with Gasteiger partial charge in [-0.2, -0.15) is 4.31 Å². The van der Waals surface area contributed by atoms with Crippen molar-refractivity contribution in [3.63, 3.8) is 0 Å². The van der Waals surface area contributed by atoms with Crippen molar-refractivity contribution in [2.45, 2.75) is 26.3 Å². The second kappa shape index (κ2) is 4.23. The monoisotopic (exact) mass is 332 g/mol. The van der Waals surface area contributed by atoms with Gasteiger partial charge in [0.1, 0.15) is 0 Å². The lowest BCUT2D eigenvalue weighted by atomic mass is 10.1. The summed E-state index contributed by atoms with van der Waals surface area (Å²) >= 11 is 1.50. The molecule has 0 amide bonds. The zero-order valence-corrected chi connectivity index (χ0v) is 11.8. The lowest BCUT2D eigenvalue weighted by molar-refractivity contribution is 0.0932. The maximum absolute atomic E-state index is 11.2. The minimum Gasteiger partial charge on any atom is -0.296 e. The smallest absolute Gasteiger partial charge is 0.267 e. The van der Waals surface area contributed by atoms with E-state index in [9.17, 15) is 8.42 Å². The first-order valence-electron chi connectivity index (χ1n) is 4.66. The van der Waals surface area contributed by atoms with E-state index in [0.29, 0.717) is 13.1 Å². The molecule has 0 aromatic rings. The quantitative estimate of drug-likeness (QED) is 0.533. The van der Waals surface area contributed by atoms with Crippen LogP contribution in [-0.2, 0) is 7.19 Å². The molecule has 4 nitrogen and oxygen atoms in total. The summed E-state index contributed by atoms with van der Waals surface area (Å²) in [5, 5.41) is 0. The topological polar surface area (TPSA) is 40.6 Å². The third kappa shape index (κ3) is 3.32. The fraction of sp³-hybridized carbons (Fsp3) is 1.00. The van der Waals surface area contributed by atoms with Crippen molar-refractivity contribution < 1.29 is 8.42 Å². The highest BCUT2D eigenvalue weighted by molar-refractivity contribution is 14.2. The molecule has 0 spiro atoms. The second-order valence-corrected chi connectivity index (χ2v) is 9.18. The minimum atomic E-state index is -3.02. The fourth-order valence-electron chi connectivity index (χ4n) is 1.58. The van der Waals surface area contributed by atoms with E-state index in [4.69, 9.17) is 0 Å². The Morgan fingerprint density at radius 2 is 1.50 bits per heavy atom. The highest BCUT2D eigenvalue weighted by Gasteiger charge is 2.29. The minimum absolute atomic E-state index is 0.140. The standard InChI is InChI=1S/C8H17IN2O2S/c1-8(2,3)10-4-6-11(7-5-10)14(9,12)13/h4-7H2,1-3H3. The van der Waals surface area contributed by atoms with Gasteiger partial charge in [-0.15, -0.1) is 0 Å². The van der Waals surface area contributed by atoms with Crippen molar-refractivity contribution in [3.8, 4) is 0 Å². The van der Waals surface area contributed by atoms with Gasteiger partial charge in [0.05, 0.1) is 21.2 Å². The Morgan fingerprint density at radius 3 is 1.79 bits per heavy atom. The van der Waals surface area contributed by atoms with Crippen molar-refractivity contribution in [3.05, 3.63) is 0 Å². The zero-order chi connectivity index (χ0) is 11.0. The molecule has 0 N–H and O–H groups in total. The van der Waals surface area contributed by atoms with Crippen LogP contribution in [0, 0.1) is 0 Å². The predicted octanol–water partition coefficient (Wildman–Crippen LogP) is 1.08. The summed E-state index contributed by atoms with van der Waals surface area (Å²) in [6, 6.07) is 0. The average molecular weight is 332 g/mol. The van der Waals surface area contributed by atoms with Crippen LogP contribution in [0.3, 0.4) is 0 Å². The average Bonchev–Trinajstić information content (AvgIpc) is 2.01. The van der Waals surface area contributed by atoms with Crippen molar-refractivity contribution in [1.82, 2.24) is 9.21 Å². The molecular formula is C8H17IN2O2S. The van der Waals surface area contributed by atoms with E-state index < -0.39 is 7.19 Å². The molecule has 0 bridgehead atoms. The molecule has 6 heteroatoms. The molecule has 1 rings (SSSR count). The summed E-state index contributed by atoms with van der Waals surface area (Å²) < 4.78 is 24.0. The molecule has 0 atom stereocenters. The van der Waals surface area contributed by atoms with E-state index in [1.165, 1.54) is 25.5 Å². The number of halogens is 1. The maximum atomic E-state index is 11.2. The van der Waals surface area contributed by atoms with Crippen LogP contribution < -0.4 is 0 Å². The Labute approximate surface area is 98.3 Å². The second-order valence-electron chi connectivity index (χ2n) is 4.50. The van der Waals surface area contributed by atoms with E-state index in [1.54, 1.807) is 0 Å². The fourth-order valence-corrected chi connectivity index (χ4v) is 3.36. The highest BCUT2D eigenvalue weighted by Crippen LogP contribution is 2.19. The van der Waals surface area contributed by atoms with E-state index in [-0.39, 0.29) is 5.54 Å². The number of hydrogen-bond acceptors (Lipinski definition) is 3. The number of nitrogens with zero attached hydrogens (tertiary/aromatic N) is 2. The van der Waals surface area contributed by atoms with Crippen molar-refractivity contribution in [2.24, 2.45) is 0 Å². The van der Waals surface area contributed by atoms with Crippen LogP contribution in [0.4, 0.5) is 0 Å². The molecule has 1 saturated heterocycles. The van der Waals surface area contributed by atoms with Crippen LogP contribution in [0.2, 0.25) is 0 Å². The first-order chi connectivity index (χ1) is 6.21. The molecule has 0 aromatic heterocycles. The molecule has 0 radical (unpaired) electrons. The first kappa shape index (κ1) is 12.7. The van der Waals surface area contributed by atoms with Gasteiger partial charge in [-0.25, -0.2) is 8.42 Å². The summed E-state index contributed by atoms with van der Waals surface area (Å²) in [6.07, 6.45) is 0. The van der Waals surface area contributed by atoms with Gasteiger partial charge in [0.25, 0.3) is 7.19 Å². The van der Waals surface area contributed by atoms with Gasteiger partial charge in [0.15, 0.2) is 0 Å². The van der Waals surface area contributed by atoms with E-state index in [2.05, 4.69) is 25.7 Å². The Bertz CT molecular complexity index is 289. The lowest BCUT2D eigenvalue weighted by Gasteiger charge is -2.41. The molecule has 84 valence electrons. The summed E-state index contributed by atoms with van der Waals surface area (Å²) in [7, 11) is -3.02. The van der Waals surface area contributed by atoms with Gasteiger partial charge >= 0.3 is 0 Å². The molecular weight excluding hydrogens is 315 g/mol. The van der Waals surface area contributed by atoms with E-state index >= 15 is 0 Å². The van der Waals surface area contributed by atoms with Crippen molar-refractivity contribution in [1.29, 1.82) is 0 Å². The molecule has 0 aliphatic carbocycles. The molecule has 0 aromatic carbocycles. The zero-order valence-electron chi connectivity index (χ0n) is 8.83. The molecule has 14 heavy (non-hydrogen) atoms. The van der Waals surface area contributed by atoms with Crippen LogP contribution in [0.1, 0.15) is 20.8 Å². The molecule has 1 fully saturated rings. The predicted molar refractivity (Wildman–Crippen MR) is 65.8 cm³/mol. The van der Waals surface area contributed by atoms with Gasteiger partial charge in [0, 0.05) is 31.7 Å². The van der Waals surface area contributed by atoms with E-state index in [0.717, 1.165) is 13.1 Å². The van der Waals surface area contributed by atoms with Crippen LogP contribution in [-0.4, -0.2) is 49.3 Å². The Morgan fingerprint density at radius 1 is 1.07 bits per heavy atom. The van der Waals surface area contributed by atoms with Crippen molar-refractivity contribution >= 4 is 28.4 Å². The summed E-state index contributed by atoms with van der Waals surface area (Å²) in [4.78, 5) is 2.31. The molecule has 1 aliphatic rings. The highest BCUT2D eigenvalue weighted by atomic mass is 127. The first-order valence-corrected chi connectivity index (χ1v) is 8.64. The van der Waals surface area contributed by atoms with Crippen LogP contribution in [0.15, 0.2) is 0 Å².